The van der Waals surface area contributed by atoms with Gasteiger partial charge in [0.1, 0.15) is 0 Å². The van der Waals surface area contributed by atoms with E-state index in [-0.39, 0.29) is 0 Å². The van der Waals surface area contributed by atoms with Crippen LogP contribution in [-0.4, -0.2) is 34.1 Å². The van der Waals surface area contributed by atoms with Crippen LogP contribution in [0.3, 0.4) is 0 Å². The minimum Gasteiger partial charge on any atom is -0.336 e. The van der Waals surface area contributed by atoms with E-state index in [1.807, 2.05) is 19.6 Å². The zero-order valence-corrected chi connectivity index (χ0v) is 10.3. The highest BCUT2D eigenvalue weighted by atomic mass is 15.2. The maximum atomic E-state index is 5.92. The molecule has 0 aliphatic carbocycles. The number of rotatable bonds is 4. The predicted molar refractivity (Wildman–Crippen MR) is 65.0 cm³/mol. The average Bonchev–Trinajstić information content (AvgIpc) is 2.90. The lowest BCUT2D eigenvalue weighted by Gasteiger charge is -2.26. The zero-order chi connectivity index (χ0) is 11.5. The first kappa shape index (κ1) is 11.6. The highest BCUT2D eigenvalue weighted by Gasteiger charge is 2.28. The first-order chi connectivity index (χ1) is 7.76. The van der Waals surface area contributed by atoms with Crippen molar-refractivity contribution < 1.29 is 0 Å². The molecule has 4 nitrogen and oxygen atoms in total. The molecule has 2 rings (SSSR count). The SMILES string of the molecule is CCC1CCN(C(CN)c2cncn2C)C1. The van der Waals surface area contributed by atoms with E-state index in [0.29, 0.717) is 12.6 Å². The van der Waals surface area contributed by atoms with Crippen LogP contribution in [0.4, 0.5) is 0 Å². The summed E-state index contributed by atoms with van der Waals surface area (Å²) in [6, 6.07) is 0.337. The predicted octanol–water partition coefficient (Wildman–Crippen LogP) is 1.15. The minimum absolute atomic E-state index is 0.337. The van der Waals surface area contributed by atoms with Gasteiger partial charge in [0.05, 0.1) is 18.1 Å². The second kappa shape index (κ2) is 4.97. The summed E-state index contributed by atoms with van der Waals surface area (Å²) in [4.78, 5) is 6.69. The third kappa shape index (κ3) is 2.13. The van der Waals surface area contributed by atoms with Crippen LogP contribution in [0, 0.1) is 5.92 Å². The van der Waals surface area contributed by atoms with E-state index in [0.717, 1.165) is 5.92 Å². The maximum Gasteiger partial charge on any atom is 0.0946 e. The fourth-order valence-electron chi connectivity index (χ4n) is 2.62. The van der Waals surface area contributed by atoms with Crippen molar-refractivity contribution in [1.29, 1.82) is 0 Å². The first-order valence-corrected chi connectivity index (χ1v) is 6.16. The Hall–Kier alpha value is -0.870. The van der Waals surface area contributed by atoms with E-state index in [1.165, 1.54) is 31.6 Å². The number of aryl methyl sites for hydroxylation is 1. The molecule has 2 atom stereocenters. The fraction of sp³-hybridized carbons (Fsp3) is 0.750. The smallest absolute Gasteiger partial charge is 0.0946 e. The lowest BCUT2D eigenvalue weighted by molar-refractivity contribution is 0.233. The number of likely N-dealkylation sites (tertiary alicyclic amines) is 1. The van der Waals surface area contributed by atoms with Gasteiger partial charge in [-0.3, -0.25) is 4.90 Å². The summed E-state index contributed by atoms with van der Waals surface area (Å²) in [5.41, 5.74) is 7.15. The van der Waals surface area contributed by atoms with E-state index in [9.17, 15) is 0 Å². The van der Waals surface area contributed by atoms with Gasteiger partial charge in [-0.15, -0.1) is 0 Å². The number of nitrogens with two attached hydrogens (primary N) is 1. The normalized spacial score (nSPS) is 23.8. The standard InChI is InChI=1S/C12H22N4/c1-3-10-4-5-16(8-10)11(6-13)12-7-14-9-15(12)2/h7,9-11H,3-6,8,13H2,1-2H3. The third-order valence-corrected chi connectivity index (χ3v) is 3.75. The zero-order valence-electron chi connectivity index (χ0n) is 10.3. The first-order valence-electron chi connectivity index (χ1n) is 6.16. The Morgan fingerprint density at radius 1 is 1.62 bits per heavy atom. The van der Waals surface area contributed by atoms with Gasteiger partial charge in [-0.25, -0.2) is 4.98 Å². The number of hydrogen-bond acceptors (Lipinski definition) is 3. The molecule has 0 amide bonds. The summed E-state index contributed by atoms with van der Waals surface area (Å²) >= 11 is 0. The molecule has 90 valence electrons. The van der Waals surface area contributed by atoms with Gasteiger partial charge < -0.3 is 10.3 Å². The van der Waals surface area contributed by atoms with Crippen molar-refractivity contribution in [3.63, 3.8) is 0 Å². The molecule has 1 aromatic heterocycles. The van der Waals surface area contributed by atoms with Crippen molar-refractivity contribution >= 4 is 0 Å². The summed E-state index contributed by atoms with van der Waals surface area (Å²) < 4.78 is 2.08. The molecule has 2 heterocycles. The Labute approximate surface area is 97.4 Å². The highest BCUT2D eigenvalue weighted by molar-refractivity contribution is 5.06. The van der Waals surface area contributed by atoms with E-state index >= 15 is 0 Å². The molecule has 1 saturated heterocycles. The summed E-state index contributed by atoms with van der Waals surface area (Å²) in [5.74, 6) is 0.849. The van der Waals surface area contributed by atoms with Gasteiger partial charge in [-0.05, 0) is 18.9 Å². The van der Waals surface area contributed by atoms with E-state index in [1.54, 1.807) is 0 Å². The Morgan fingerprint density at radius 2 is 2.44 bits per heavy atom. The Morgan fingerprint density at radius 3 is 2.94 bits per heavy atom. The van der Waals surface area contributed by atoms with Crippen LogP contribution < -0.4 is 5.73 Å². The molecular weight excluding hydrogens is 200 g/mol. The van der Waals surface area contributed by atoms with Crippen LogP contribution in [0.2, 0.25) is 0 Å². The molecule has 1 fully saturated rings. The van der Waals surface area contributed by atoms with Crippen molar-refractivity contribution in [3.05, 3.63) is 18.2 Å². The van der Waals surface area contributed by atoms with Crippen LogP contribution in [0.15, 0.2) is 12.5 Å². The van der Waals surface area contributed by atoms with E-state index in [2.05, 4.69) is 21.4 Å². The lowest BCUT2D eigenvalue weighted by atomic mass is 10.1. The molecule has 2 N–H and O–H groups in total. The molecule has 4 heteroatoms. The summed E-state index contributed by atoms with van der Waals surface area (Å²) in [6.07, 6.45) is 6.38. The average molecular weight is 222 g/mol. The molecule has 1 aromatic rings. The molecule has 1 aliphatic heterocycles. The number of nitrogens with zero attached hydrogens (tertiary/aromatic N) is 3. The monoisotopic (exact) mass is 222 g/mol. The number of imidazole rings is 1. The fourth-order valence-corrected chi connectivity index (χ4v) is 2.62. The van der Waals surface area contributed by atoms with Crippen LogP contribution in [0.5, 0.6) is 0 Å². The Balaban J connectivity index is 2.09. The highest BCUT2D eigenvalue weighted by Crippen LogP contribution is 2.27. The topological polar surface area (TPSA) is 47.1 Å². The second-order valence-corrected chi connectivity index (χ2v) is 4.74. The molecule has 0 aromatic carbocycles. The van der Waals surface area contributed by atoms with E-state index in [4.69, 9.17) is 5.73 Å². The largest absolute Gasteiger partial charge is 0.336 e. The maximum absolute atomic E-state index is 5.92. The van der Waals surface area contributed by atoms with Gasteiger partial charge in [0.15, 0.2) is 0 Å². The quantitative estimate of drug-likeness (QED) is 0.831. The molecule has 1 aliphatic rings. The number of hydrogen-bond donors (Lipinski definition) is 1. The van der Waals surface area contributed by atoms with Gasteiger partial charge in [-0.1, -0.05) is 13.3 Å². The van der Waals surface area contributed by atoms with E-state index < -0.39 is 0 Å². The van der Waals surface area contributed by atoms with Gasteiger partial charge in [0.25, 0.3) is 0 Å². The van der Waals surface area contributed by atoms with Crippen LogP contribution in [-0.2, 0) is 7.05 Å². The summed E-state index contributed by atoms with van der Waals surface area (Å²) in [5, 5.41) is 0. The number of aromatic nitrogens is 2. The summed E-state index contributed by atoms with van der Waals surface area (Å²) in [6.45, 7) is 5.31. The molecule has 0 radical (unpaired) electrons. The molecule has 0 saturated carbocycles. The summed E-state index contributed by atoms with van der Waals surface area (Å²) in [7, 11) is 2.04. The van der Waals surface area contributed by atoms with Crippen LogP contribution in [0.1, 0.15) is 31.5 Å². The molecule has 0 spiro atoms. The third-order valence-electron chi connectivity index (χ3n) is 3.75. The van der Waals surface area contributed by atoms with Gasteiger partial charge in [0, 0.05) is 26.3 Å². The molecule has 2 unspecified atom stereocenters. The van der Waals surface area contributed by atoms with Crippen LogP contribution >= 0.6 is 0 Å². The van der Waals surface area contributed by atoms with Crippen molar-refractivity contribution in [2.24, 2.45) is 18.7 Å². The Kier molecular flexibility index (Phi) is 3.61. The molecule has 16 heavy (non-hydrogen) atoms. The van der Waals surface area contributed by atoms with Crippen molar-refractivity contribution in [2.45, 2.75) is 25.8 Å². The van der Waals surface area contributed by atoms with Gasteiger partial charge in [0.2, 0.25) is 0 Å². The minimum atomic E-state index is 0.337. The van der Waals surface area contributed by atoms with Gasteiger partial charge in [-0.2, -0.15) is 0 Å². The van der Waals surface area contributed by atoms with Crippen molar-refractivity contribution in [2.75, 3.05) is 19.6 Å². The Bertz CT molecular complexity index is 334. The van der Waals surface area contributed by atoms with Gasteiger partial charge >= 0.3 is 0 Å². The van der Waals surface area contributed by atoms with Crippen molar-refractivity contribution in [1.82, 2.24) is 14.5 Å². The second-order valence-electron chi connectivity index (χ2n) is 4.74. The van der Waals surface area contributed by atoms with Crippen LogP contribution in [0.25, 0.3) is 0 Å². The molecule has 0 bridgehead atoms. The molecular formula is C12H22N4. The van der Waals surface area contributed by atoms with Crippen molar-refractivity contribution in [3.8, 4) is 0 Å². The lowest BCUT2D eigenvalue weighted by Crippen LogP contribution is -2.33.